The third-order valence-corrected chi connectivity index (χ3v) is 5.47. The molecule has 0 heterocycles. The van der Waals surface area contributed by atoms with Crippen molar-refractivity contribution in [3.05, 3.63) is 47.0 Å². The summed E-state index contributed by atoms with van der Waals surface area (Å²) in [5.41, 5.74) is 4.82. The van der Waals surface area contributed by atoms with E-state index in [4.69, 9.17) is 0 Å². The van der Waals surface area contributed by atoms with E-state index in [1.54, 1.807) is 5.57 Å². The van der Waals surface area contributed by atoms with E-state index in [1.807, 2.05) is 0 Å². The van der Waals surface area contributed by atoms with Crippen LogP contribution in [0.15, 0.2) is 35.9 Å². The van der Waals surface area contributed by atoms with Gasteiger partial charge in [0.2, 0.25) is 0 Å². The second kappa shape index (κ2) is 4.69. The molecule has 0 N–H and O–H groups in total. The lowest BCUT2D eigenvalue weighted by Gasteiger charge is -2.22. The van der Waals surface area contributed by atoms with Crippen LogP contribution in [-0.2, 0) is 5.41 Å². The second-order valence-electron chi connectivity index (χ2n) is 7.32. The van der Waals surface area contributed by atoms with Crippen molar-refractivity contribution in [1.82, 2.24) is 0 Å². The molecule has 1 aromatic rings. The third-order valence-electron chi connectivity index (χ3n) is 3.96. The predicted octanol–water partition coefficient (Wildman–Crippen LogP) is 5.31. The van der Waals surface area contributed by atoms with Gasteiger partial charge in [0.25, 0.3) is 0 Å². The first-order valence-electron chi connectivity index (χ1n) is 7.06. The molecule has 2 rings (SSSR count). The summed E-state index contributed by atoms with van der Waals surface area (Å²) in [5, 5.41) is 0. The molecule has 0 saturated heterocycles. The smallest absolute Gasteiger partial charge is 0.0483 e. The number of allylic oxidation sites excluding steroid dienone is 2. The molecular formula is C17H26Si. The van der Waals surface area contributed by atoms with Gasteiger partial charge >= 0.3 is 0 Å². The minimum atomic E-state index is -0.963. The van der Waals surface area contributed by atoms with Crippen LogP contribution in [0.4, 0.5) is 0 Å². The standard InChI is InChI=1S/C17H26Si/c1-14-6-8-16(9-7-14)17(2)11-10-15(12-17)13-18(3,4)5/h6-9,12H,10-11,13H2,1-5H3. The Morgan fingerprint density at radius 1 is 1.11 bits per heavy atom. The Hall–Kier alpha value is -0.823. The molecule has 1 atom stereocenters. The van der Waals surface area contributed by atoms with E-state index >= 15 is 0 Å². The van der Waals surface area contributed by atoms with Crippen LogP contribution in [0.5, 0.6) is 0 Å². The van der Waals surface area contributed by atoms with Crippen LogP contribution in [0, 0.1) is 6.92 Å². The monoisotopic (exact) mass is 258 g/mol. The minimum absolute atomic E-state index is 0.280. The Labute approximate surface area is 113 Å². The number of hydrogen-bond donors (Lipinski definition) is 0. The van der Waals surface area contributed by atoms with Gasteiger partial charge in [-0.15, -0.1) is 0 Å². The van der Waals surface area contributed by atoms with Gasteiger partial charge in [0.15, 0.2) is 0 Å². The van der Waals surface area contributed by atoms with Gasteiger partial charge < -0.3 is 0 Å². The molecule has 1 unspecified atom stereocenters. The molecule has 0 saturated carbocycles. The van der Waals surface area contributed by atoms with Crippen molar-refractivity contribution in [2.75, 3.05) is 0 Å². The Balaban J connectivity index is 2.21. The fourth-order valence-electron chi connectivity index (χ4n) is 3.00. The van der Waals surface area contributed by atoms with Gasteiger partial charge in [-0.3, -0.25) is 0 Å². The Bertz CT molecular complexity index is 447. The van der Waals surface area contributed by atoms with Crippen molar-refractivity contribution in [2.45, 2.75) is 57.8 Å². The summed E-state index contributed by atoms with van der Waals surface area (Å²) in [7, 11) is -0.963. The average molecular weight is 258 g/mol. The molecule has 0 nitrogen and oxygen atoms in total. The first-order chi connectivity index (χ1) is 8.28. The SMILES string of the molecule is Cc1ccc(C2(C)C=C(C[Si](C)(C)C)CC2)cc1. The van der Waals surface area contributed by atoms with Crippen LogP contribution in [-0.4, -0.2) is 8.07 Å². The minimum Gasteiger partial charge on any atom is -0.0759 e. The zero-order chi connectivity index (χ0) is 13.4. The van der Waals surface area contributed by atoms with Gasteiger partial charge in [0.1, 0.15) is 0 Å². The second-order valence-corrected chi connectivity index (χ2v) is 12.8. The van der Waals surface area contributed by atoms with Gasteiger partial charge in [-0.25, -0.2) is 0 Å². The number of aryl methyl sites for hydroxylation is 1. The maximum absolute atomic E-state index is 2.57. The van der Waals surface area contributed by atoms with E-state index in [0.29, 0.717) is 0 Å². The number of benzene rings is 1. The summed E-state index contributed by atoms with van der Waals surface area (Å²) in [6.45, 7) is 12.0. The van der Waals surface area contributed by atoms with Crippen LogP contribution >= 0.6 is 0 Å². The molecule has 0 fully saturated rings. The summed E-state index contributed by atoms with van der Waals surface area (Å²) >= 11 is 0. The van der Waals surface area contributed by atoms with E-state index < -0.39 is 8.07 Å². The molecule has 1 aliphatic rings. The first kappa shape index (κ1) is 13.6. The van der Waals surface area contributed by atoms with Crippen molar-refractivity contribution in [1.29, 1.82) is 0 Å². The van der Waals surface area contributed by atoms with Gasteiger partial charge in [-0.05, 0) is 31.4 Å². The van der Waals surface area contributed by atoms with Gasteiger partial charge in [-0.2, -0.15) is 0 Å². The highest BCUT2D eigenvalue weighted by atomic mass is 28.3. The van der Waals surface area contributed by atoms with Gasteiger partial charge in [-0.1, -0.05) is 68.0 Å². The quantitative estimate of drug-likeness (QED) is 0.509. The van der Waals surface area contributed by atoms with Crippen molar-refractivity contribution >= 4 is 8.07 Å². The van der Waals surface area contributed by atoms with Crippen LogP contribution in [0.3, 0.4) is 0 Å². The molecular weight excluding hydrogens is 232 g/mol. The fraction of sp³-hybridized carbons (Fsp3) is 0.529. The molecule has 18 heavy (non-hydrogen) atoms. The largest absolute Gasteiger partial charge is 0.0759 e. The zero-order valence-electron chi connectivity index (χ0n) is 12.5. The maximum atomic E-state index is 2.57. The molecule has 1 heteroatoms. The lowest BCUT2D eigenvalue weighted by molar-refractivity contribution is 0.578. The summed E-state index contributed by atoms with van der Waals surface area (Å²) in [6.07, 6.45) is 5.15. The lowest BCUT2D eigenvalue weighted by atomic mass is 9.82. The Morgan fingerprint density at radius 3 is 2.28 bits per heavy atom. The van der Waals surface area contributed by atoms with Crippen molar-refractivity contribution in [3.63, 3.8) is 0 Å². The maximum Gasteiger partial charge on any atom is 0.0483 e. The Kier molecular flexibility index (Phi) is 3.55. The summed E-state index contributed by atoms with van der Waals surface area (Å²) in [6, 6.07) is 10.5. The van der Waals surface area contributed by atoms with Gasteiger partial charge in [0.05, 0.1) is 0 Å². The molecule has 0 spiro atoms. The summed E-state index contributed by atoms with van der Waals surface area (Å²) < 4.78 is 0. The van der Waals surface area contributed by atoms with E-state index in [1.165, 1.54) is 30.0 Å². The summed E-state index contributed by atoms with van der Waals surface area (Å²) in [5.74, 6) is 0. The highest BCUT2D eigenvalue weighted by Gasteiger charge is 2.31. The van der Waals surface area contributed by atoms with E-state index in [0.717, 1.165) is 0 Å². The molecule has 1 aromatic carbocycles. The normalized spacial score (nSPS) is 24.2. The highest BCUT2D eigenvalue weighted by molar-refractivity contribution is 6.76. The molecule has 0 bridgehead atoms. The highest BCUT2D eigenvalue weighted by Crippen LogP contribution is 2.41. The molecule has 0 radical (unpaired) electrons. The van der Waals surface area contributed by atoms with Crippen molar-refractivity contribution in [2.24, 2.45) is 0 Å². The predicted molar refractivity (Wildman–Crippen MR) is 84.0 cm³/mol. The molecule has 0 aliphatic heterocycles. The van der Waals surface area contributed by atoms with Crippen molar-refractivity contribution < 1.29 is 0 Å². The third kappa shape index (κ3) is 3.14. The van der Waals surface area contributed by atoms with Crippen LogP contribution < -0.4 is 0 Å². The van der Waals surface area contributed by atoms with Gasteiger partial charge in [0, 0.05) is 13.5 Å². The summed E-state index contributed by atoms with van der Waals surface area (Å²) in [4.78, 5) is 0. The van der Waals surface area contributed by atoms with Crippen molar-refractivity contribution in [3.8, 4) is 0 Å². The number of hydrogen-bond acceptors (Lipinski definition) is 0. The molecule has 0 amide bonds. The lowest BCUT2D eigenvalue weighted by Crippen LogP contribution is -2.19. The van der Waals surface area contributed by atoms with Crippen LogP contribution in [0.2, 0.25) is 25.7 Å². The fourth-order valence-corrected chi connectivity index (χ4v) is 4.64. The molecule has 98 valence electrons. The van der Waals surface area contributed by atoms with E-state index in [2.05, 4.69) is 63.8 Å². The first-order valence-corrected chi connectivity index (χ1v) is 10.8. The molecule has 0 aromatic heterocycles. The molecule has 1 aliphatic carbocycles. The van der Waals surface area contributed by atoms with Crippen LogP contribution in [0.1, 0.15) is 30.9 Å². The average Bonchev–Trinajstić information content (AvgIpc) is 2.59. The topological polar surface area (TPSA) is 0 Å². The van der Waals surface area contributed by atoms with E-state index in [9.17, 15) is 0 Å². The Morgan fingerprint density at radius 2 is 1.72 bits per heavy atom. The van der Waals surface area contributed by atoms with Crippen LogP contribution in [0.25, 0.3) is 0 Å². The number of rotatable bonds is 3. The van der Waals surface area contributed by atoms with E-state index in [-0.39, 0.29) is 5.41 Å². The zero-order valence-corrected chi connectivity index (χ0v) is 13.5.